The first-order valence-electron chi connectivity index (χ1n) is 4.98. The molecule has 4 heteroatoms. The van der Waals surface area contributed by atoms with Crippen LogP contribution in [0.2, 0.25) is 5.02 Å². The van der Waals surface area contributed by atoms with E-state index in [-0.39, 0.29) is 0 Å². The molecule has 0 aromatic heterocycles. The fourth-order valence-electron chi connectivity index (χ4n) is 1.36. The van der Waals surface area contributed by atoms with Crippen LogP contribution in [0.3, 0.4) is 0 Å². The molecule has 0 amide bonds. The van der Waals surface area contributed by atoms with Crippen LogP contribution in [0.1, 0.15) is 5.56 Å². The molecular weight excluding hydrogens is 367 g/mol. The van der Waals surface area contributed by atoms with Gasteiger partial charge in [0.15, 0.2) is 0 Å². The van der Waals surface area contributed by atoms with Crippen LogP contribution in [0.25, 0.3) is 0 Å². The lowest BCUT2D eigenvalue weighted by Gasteiger charge is -2.09. The molecule has 0 aliphatic carbocycles. The molecule has 2 aromatic rings. The standard InChI is InChI=1S/C13H9Br2ClO/c14-10-6-5-9(12(16)7-10)8-17-13-4-2-1-3-11(13)15/h1-7H,8H2. The van der Waals surface area contributed by atoms with Crippen molar-refractivity contribution in [2.75, 3.05) is 0 Å². The Kier molecular flexibility index (Phi) is 4.48. The van der Waals surface area contributed by atoms with Crippen molar-refractivity contribution >= 4 is 43.5 Å². The third-order valence-corrected chi connectivity index (χ3v) is 3.74. The molecule has 2 rings (SSSR count). The van der Waals surface area contributed by atoms with E-state index < -0.39 is 0 Å². The van der Waals surface area contributed by atoms with Gasteiger partial charge in [0.25, 0.3) is 0 Å². The second kappa shape index (κ2) is 5.89. The van der Waals surface area contributed by atoms with Gasteiger partial charge in [0.05, 0.1) is 4.47 Å². The van der Waals surface area contributed by atoms with Gasteiger partial charge in [0.1, 0.15) is 12.4 Å². The lowest BCUT2D eigenvalue weighted by atomic mass is 10.2. The smallest absolute Gasteiger partial charge is 0.133 e. The van der Waals surface area contributed by atoms with E-state index in [2.05, 4.69) is 31.9 Å². The molecule has 1 nitrogen and oxygen atoms in total. The van der Waals surface area contributed by atoms with Gasteiger partial charge in [-0.25, -0.2) is 0 Å². The molecule has 0 saturated heterocycles. The first kappa shape index (κ1) is 12.9. The van der Waals surface area contributed by atoms with Gasteiger partial charge >= 0.3 is 0 Å². The maximum Gasteiger partial charge on any atom is 0.133 e. The molecule has 0 fully saturated rings. The summed E-state index contributed by atoms with van der Waals surface area (Å²) in [7, 11) is 0. The third kappa shape index (κ3) is 3.47. The Morgan fingerprint density at radius 1 is 1.06 bits per heavy atom. The zero-order valence-corrected chi connectivity index (χ0v) is 12.7. The fourth-order valence-corrected chi connectivity index (χ4v) is 2.48. The summed E-state index contributed by atoms with van der Waals surface area (Å²) in [6.45, 7) is 0.453. The van der Waals surface area contributed by atoms with E-state index in [1.807, 2.05) is 42.5 Å². The average Bonchev–Trinajstić information content (AvgIpc) is 2.30. The van der Waals surface area contributed by atoms with Crippen LogP contribution in [0.15, 0.2) is 51.4 Å². The van der Waals surface area contributed by atoms with Crippen molar-refractivity contribution in [3.05, 3.63) is 62.0 Å². The number of hydrogen-bond donors (Lipinski definition) is 0. The first-order chi connectivity index (χ1) is 8.16. The minimum Gasteiger partial charge on any atom is -0.488 e. The van der Waals surface area contributed by atoms with Gasteiger partial charge in [0, 0.05) is 15.1 Å². The van der Waals surface area contributed by atoms with E-state index in [4.69, 9.17) is 16.3 Å². The fraction of sp³-hybridized carbons (Fsp3) is 0.0769. The molecule has 0 heterocycles. The molecule has 17 heavy (non-hydrogen) atoms. The summed E-state index contributed by atoms with van der Waals surface area (Å²) in [6.07, 6.45) is 0. The van der Waals surface area contributed by atoms with E-state index in [1.165, 1.54) is 0 Å². The Bertz CT molecular complexity index is 529. The van der Waals surface area contributed by atoms with Crippen molar-refractivity contribution in [2.24, 2.45) is 0 Å². The predicted octanol–water partition coefficient (Wildman–Crippen LogP) is 5.44. The van der Waals surface area contributed by atoms with Crippen LogP contribution in [0.5, 0.6) is 5.75 Å². The number of ether oxygens (including phenoxy) is 1. The Balaban J connectivity index is 2.10. The van der Waals surface area contributed by atoms with Gasteiger partial charge in [-0.05, 0) is 40.2 Å². The van der Waals surface area contributed by atoms with Gasteiger partial charge in [-0.1, -0.05) is 45.7 Å². The van der Waals surface area contributed by atoms with Crippen LogP contribution in [-0.4, -0.2) is 0 Å². The Hall–Kier alpha value is -0.510. The quantitative estimate of drug-likeness (QED) is 0.693. The molecule has 0 N–H and O–H groups in total. The van der Waals surface area contributed by atoms with Gasteiger partial charge in [-0.2, -0.15) is 0 Å². The summed E-state index contributed by atoms with van der Waals surface area (Å²) in [5, 5.41) is 0.700. The highest BCUT2D eigenvalue weighted by Gasteiger charge is 2.04. The second-order valence-corrected chi connectivity index (χ2v) is 5.63. The highest BCUT2D eigenvalue weighted by atomic mass is 79.9. The van der Waals surface area contributed by atoms with Crippen molar-refractivity contribution in [1.29, 1.82) is 0 Å². The van der Waals surface area contributed by atoms with Gasteiger partial charge in [-0.3, -0.25) is 0 Å². The predicted molar refractivity (Wildman–Crippen MR) is 77.6 cm³/mol. The molecule has 2 aromatic carbocycles. The summed E-state index contributed by atoms with van der Waals surface area (Å²) >= 11 is 12.9. The maximum absolute atomic E-state index is 6.11. The van der Waals surface area contributed by atoms with Crippen molar-refractivity contribution in [3.63, 3.8) is 0 Å². The van der Waals surface area contributed by atoms with Crippen molar-refractivity contribution in [1.82, 2.24) is 0 Å². The molecule has 0 radical (unpaired) electrons. The molecule has 88 valence electrons. The topological polar surface area (TPSA) is 9.23 Å². The summed E-state index contributed by atoms with van der Waals surface area (Å²) in [5.41, 5.74) is 0.964. The second-order valence-electron chi connectivity index (χ2n) is 3.45. The van der Waals surface area contributed by atoms with E-state index in [0.29, 0.717) is 11.6 Å². The monoisotopic (exact) mass is 374 g/mol. The molecule has 0 bridgehead atoms. The lowest BCUT2D eigenvalue weighted by Crippen LogP contribution is -1.96. The number of benzene rings is 2. The highest BCUT2D eigenvalue weighted by molar-refractivity contribution is 9.10. The van der Waals surface area contributed by atoms with E-state index in [0.717, 1.165) is 20.3 Å². The lowest BCUT2D eigenvalue weighted by molar-refractivity contribution is 0.304. The summed E-state index contributed by atoms with van der Waals surface area (Å²) < 4.78 is 7.60. The van der Waals surface area contributed by atoms with Gasteiger partial charge in [0.2, 0.25) is 0 Å². The molecule has 0 saturated carbocycles. The normalized spacial score (nSPS) is 10.3. The van der Waals surface area contributed by atoms with Gasteiger partial charge < -0.3 is 4.74 Å². The van der Waals surface area contributed by atoms with Crippen LogP contribution < -0.4 is 4.74 Å². The van der Waals surface area contributed by atoms with Crippen molar-refractivity contribution in [3.8, 4) is 5.75 Å². The number of para-hydroxylation sites is 1. The SMILES string of the molecule is Clc1cc(Br)ccc1COc1ccccc1Br. The minimum absolute atomic E-state index is 0.453. The first-order valence-corrected chi connectivity index (χ1v) is 6.94. The van der Waals surface area contributed by atoms with Crippen LogP contribution in [0.4, 0.5) is 0 Å². The molecule has 0 atom stereocenters. The van der Waals surface area contributed by atoms with Crippen molar-refractivity contribution in [2.45, 2.75) is 6.61 Å². The van der Waals surface area contributed by atoms with Crippen LogP contribution in [0, 0.1) is 0 Å². The molecule has 0 aliphatic heterocycles. The Morgan fingerprint density at radius 3 is 2.53 bits per heavy atom. The maximum atomic E-state index is 6.11. The number of halogens is 3. The van der Waals surface area contributed by atoms with E-state index in [1.54, 1.807) is 0 Å². The van der Waals surface area contributed by atoms with E-state index in [9.17, 15) is 0 Å². The van der Waals surface area contributed by atoms with Crippen molar-refractivity contribution < 1.29 is 4.74 Å². The Morgan fingerprint density at radius 2 is 1.82 bits per heavy atom. The minimum atomic E-state index is 0.453. The average molecular weight is 376 g/mol. The summed E-state index contributed by atoms with van der Waals surface area (Å²) in [6, 6.07) is 13.5. The summed E-state index contributed by atoms with van der Waals surface area (Å²) in [5.74, 6) is 0.812. The van der Waals surface area contributed by atoms with Gasteiger partial charge in [-0.15, -0.1) is 0 Å². The number of hydrogen-bond acceptors (Lipinski definition) is 1. The van der Waals surface area contributed by atoms with E-state index >= 15 is 0 Å². The van der Waals surface area contributed by atoms with Crippen LogP contribution >= 0.6 is 43.5 Å². The molecular formula is C13H9Br2ClO. The zero-order chi connectivity index (χ0) is 12.3. The highest BCUT2D eigenvalue weighted by Crippen LogP contribution is 2.27. The number of rotatable bonds is 3. The molecule has 0 spiro atoms. The molecule has 0 unspecified atom stereocenters. The largest absolute Gasteiger partial charge is 0.488 e. The summed E-state index contributed by atoms with van der Waals surface area (Å²) in [4.78, 5) is 0. The Labute approximate surface area is 122 Å². The zero-order valence-electron chi connectivity index (χ0n) is 8.79. The third-order valence-electron chi connectivity index (χ3n) is 2.23. The molecule has 0 aliphatic rings. The van der Waals surface area contributed by atoms with Crippen LogP contribution in [-0.2, 0) is 6.61 Å².